The Hall–Kier alpha value is -2.08. The molecule has 3 rings (SSSR count). The highest BCUT2D eigenvalue weighted by Gasteiger charge is 2.46. The highest BCUT2D eigenvalue weighted by molar-refractivity contribution is 5.89. The molecule has 1 saturated carbocycles. The molecule has 0 bridgehead atoms. The largest absolute Gasteiger partial charge is 0.478 e. The average molecular weight is 389 g/mol. The third-order valence-corrected chi connectivity index (χ3v) is 5.56. The van der Waals surface area contributed by atoms with E-state index in [-0.39, 0.29) is 18.0 Å². The summed E-state index contributed by atoms with van der Waals surface area (Å²) in [5.74, 6) is 0.652. The Labute approximate surface area is 167 Å². The Morgan fingerprint density at radius 1 is 1.11 bits per heavy atom. The molecule has 3 atom stereocenters. The summed E-state index contributed by atoms with van der Waals surface area (Å²) in [6, 6.07) is 6.97. The lowest BCUT2D eigenvalue weighted by Gasteiger charge is -2.33. The lowest BCUT2D eigenvalue weighted by Crippen LogP contribution is -2.46. The first-order valence-corrected chi connectivity index (χ1v) is 10.1. The number of nitrogens with zero attached hydrogens (tertiary/aromatic N) is 1. The molecule has 0 radical (unpaired) electrons. The molecule has 0 amide bonds. The fraction of sp³-hybridized carbons (Fsp3) is 0.636. The van der Waals surface area contributed by atoms with Crippen LogP contribution in [0.1, 0.15) is 63.2 Å². The summed E-state index contributed by atoms with van der Waals surface area (Å²) in [5.41, 5.74) is -0.0174. The van der Waals surface area contributed by atoms with Crippen LogP contribution >= 0.6 is 0 Å². The van der Waals surface area contributed by atoms with E-state index in [1.807, 2.05) is 20.8 Å². The van der Waals surface area contributed by atoms with Gasteiger partial charge in [-0.2, -0.15) is 0 Å². The number of methoxy groups -OCH3 is 1. The molecule has 6 nitrogen and oxygen atoms in total. The monoisotopic (exact) mass is 389 g/mol. The predicted molar refractivity (Wildman–Crippen MR) is 105 cm³/mol. The predicted octanol–water partition coefficient (Wildman–Crippen LogP) is 3.78. The van der Waals surface area contributed by atoms with Crippen LogP contribution in [0.5, 0.6) is 5.75 Å². The fourth-order valence-corrected chi connectivity index (χ4v) is 4.29. The molecule has 0 N–H and O–H groups in total. The molecular formula is C22H31NO5. The van der Waals surface area contributed by atoms with E-state index in [2.05, 4.69) is 4.90 Å². The minimum Gasteiger partial charge on any atom is -0.478 e. The number of carbonyl (C=O) groups excluding carboxylic acids is 2. The number of hydrogen-bond acceptors (Lipinski definition) is 6. The summed E-state index contributed by atoms with van der Waals surface area (Å²) in [6.45, 7) is 6.03. The van der Waals surface area contributed by atoms with Crippen molar-refractivity contribution < 1.29 is 23.8 Å². The molecule has 1 aliphatic carbocycles. The van der Waals surface area contributed by atoms with Gasteiger partial charge in [-0.05, 0) is 70.2 Å². The molecule has 2 fully saturated rings. The lowest BCUT2D eigenvalue weighted by atomic mass is 9.85. The normalized spacial score (nSPS) is 25.1. The Morgan fingerprint density at radius 3 is 2.43 bits per heavy atom. The van der Waals surface area contributed by atoms with E-state index in [0.29, 0.717) is 30.0 Å². The number of esters is 2. The number of rotatable bonds is 5. The number of fused-ring (bicyclic) bond motifs is 1. The van der Waals surface area contributed by atoms with Gasteiger partial charge >= 0.3 is 11.9 Å². The van der Waals surface area contributed by atoms with Crippen molar-refractivity contribution in [1.29, 1.82) is 0 Å². The Balaban J connectivity index is 1.69. The Bertz CT molecular complexity index is 694. The van der Waals surface area contributed by atoms with Gasteiger partial charge in [-0.1, -0.05) is 12.8 Å². The number of ether oxygens (including phenoxy) is 3. The Morgan fingerprint density at radius 2 is 1.79 bits per heavy atom. The molecular weight excluding hydrogens is 358 g/mol. The quantitative estimate of drug-likeness (QED) is 0.714. The van der Waals surface area contributed by atoms with Crippen molar-refractivity contribution in [2.24, 2.45) is 5.92 Å². The van der Waals surface area contributed by atoms with Crippen molar-refractivity contribution in [3.63, 3.8) is 0 Å². The van der Waals surface area contributed by atoms with Crippen LogP contribution in [-0.4, -0.2) is 48.4 Å². The number of carbonyl (C=O) groups is 2. The van der Waals surface area contributed by atoms with E-state index < -0.39 is 5.60 Å². The van der Waals surface area contributed by atoms with Crippen LogP contribution in [0.2, 0.25) is 0 Å². The summed E-state index contributed by atoms with van der Waals surface area (Å²) in [5, 5.41) is 0. The fourth-order valence-electron chi connectivity index (χ4n) is 4.29. The topological polar surface area (TPSA) is 65.1 Å². The van der Waals surface area contributed by atoms with E-state index in [9.17, 15) is 9.59 Å². The van der Waals surface area contributed by atoms with Gasteiger partial charge in [0.25, 0.3) is 0 Å². The van der Waals surface area contributed by atoms with Crippen molar-refractivity contribution in [1.82, 2.24) is 4.90 Å². The first-order valence-electron chi connectivity index (χ1n) is 10.1. The van der Waals surface area contributed by atoms with Gasteiger partial charge < -0.3 is 14.2 Å². The molecule has 1 aromatic rings. The molecule has 1 heterocycles. The number of benzene rings is 1. The molecule has 0 spiro atoms. The van der Waals surface area contributed by atoms with Gasteiger partial charge in [0.2, 0.25) is 0 Å². The summed E-state index contributed by atoms with van der Waals surface area (Å²) >= 11 is 0. The molecule has 28 heavy (non-hydrogen) atoms. The smallest absolute Gasteiger partial charge is 0.337 e. The summed E-state index contributed by atoms with van der Waals surface area (Å²) in [6.07, 6.45) is 5.51. The minimum atomic E-state index is -0.499. The zero-order valence-corrected chi connectivity index (χ0v) is 17.3. The highest BCUT2D eigenvalue weighted by Crippen LogP contribution is 2.40. The third-order valence-electron chi connectivity index (χ3n) is 5.56. The maximum absolute atomic E-state index is 12.8. The highest BCUT2D eigenvalue weighted by atomic mass is 16.6. The van der Waals surface area contributed by atoms with Crippen LogP contribution in [0.4, 0.5) is 0 Å². The second-order valence-electron chi connectivity index (χ2n) is 8.70. The van der Waals surface area contributed by atoms with E-state index in [0.717, 1.165) is 19.3 Å². The lowest BCUT2D eigenvalue weighted by molar-refractivity contribution is -0.162. The standard InChI is InChI=1S/C22H31NO5/c1-22(2,3)28-21(25)19-13-16-7-5-6-8-18(16)23(19)14-27-17-11-9-15(10-12-17)20(24)26-4/h9-12,16,18-19H,5-8,13-14H2,1-4H3. The zero-order chi connectivity index (χ0) is 20.3. The van der Waals surface area contributed by atoms with E-state index in [1.165, 1.54) is 20.0 Å². The average Bonchev–Trinajstić information content (AvgIpc) is 3.03. The summed E-state index contributed by atoms with van der Waals surface area (Å²) < 4.78 is 16.4. The molecule has 1 aliphatic heterocycles. The van der Waals surface area contributed by atoms with Crippen molar-refractivity contribution in [3.05, 3.63) is 29.8 Å². The van der Waals surface area contributed by atoms with Crippen LogP contribution in [0.15, 0.2) is 24.3 Å². The second kappa shape index (κ2) is 8.52. The van der Waals surface area contributed by atoms with Crippen LogP contribution in [0.3, 0.4) is 0 Å². The maximum atomic E-state index is 12.8. The molecule has 1 aromatic carbocycles. The van der Waals surface area contributed by atoms with Crippen LogP contribution in [-0.2, 0) is 14.3 Å². The molecule has 6 heteroatoms. The SMILES string of the molecule is COC(=O)c1ccc(OCN2C(C(=O)OC(C)(C)C)CC3CCCCC32)cc1. The number of hydrogen-bond donors (Lipinski definition) is 0. The maximum Gasteiger partial charge on any atom is 0.337 e. The zero-order valence-electron chi connectivity index (χ0n) is 17.3. The van der Waals surface area contributed by atoms with Crippen molar-refractivity contribution >= 4 is 11.9 Å². The van der Waals surface area contributed by atoms with Crippen LogP contribution in [0, 0.1) is 5.92 Å². The molecule has 3 unspecified atom stereocenters. The first-order chi connectivity index (χ1) is 13.3. The molecule has 1 saturated heterocycles. The summed E-state index contributed by atoms with van der Waals surface area (Å²) in [7, 11) is 1.36. The van der Waals surface area contributed by atoms with Gasteiger partial charge in [0.05, 0.1) is 12.7 Å². The van der Waals surface area contributed by atoms with Gasteiger partial charge in [0.15, 0.2) is 0 Å². The second-order valence-corrected chi connectivity index (χ2v) is 8.70. The van der Waals surface area contributed by atoms with Gasteiger partial charge in [0, 0.05) is 6.04 Å². The van der Waals surface area contributed by atoms with E-state index >= 15 is 0 Å². The minimum absolute atomic E-state index is 0.161. The molecule has 2 aliphatic rings. The van der Waals surface area contributed by atoms with Crippen LogP contribution < -0.4 is 4.74 Å². The van der Waals surface area contributed by atoms with E-state index in [1.54, 1.807) is 24.3 Å². The van der Waals surface area contributed by atoms with Crippen LogP contribution in [0.25, 0.3) is 0 Å². The van der Waals surface area contributed by atoms with Gasteiger partial charge in [-0.3, -0.25) is 9.69 Å². The number of likely N-dealkylation sites (tertiary alicyclic amines) is 1. The Kier molecular flexibility index (Phi) is 6.28. The van der Waals surface area contributed by atoms with Gasteiger partial charge in [-0.25, -0.2) is 4.79 Å². The molecule has 0 aromatic heterocycles. The molecule has 154 valence electrons. The first kappa shape index (κ1) is 20.6. The van der Waals surface area contributed by atoms with Gasteiger partial charge in [-0.15, -0.1) is 0 Å². The third kappa shape index (κ3) is 4.85. The van der Waals surface area contributed by atoms with Crippen molar-refractivity contribution in [3.8, 4) is 5.75 Å². The van der Waals surface area contributed by atoms with Gasteiger partial charge in [0.1, 0.15) is 24.1 Å². The summed E-state index contributed by atoms with van der Waals surface area (Å²) in [4.78, 5) is 26.5. The van der Waals surface area contributed by atoms with Crippen molar-refractivity contribution in [2.75, 3.05) is 13.8 Å². The van der Waals surface area contributed by atoms with Crippen molar-refractivity contribution in [2.45, 2.75) is 70.6 Å². The van der Waals surface area contributed by atoms with E-state index in [4.69, 9.17) is 14.2 Å².